The van der Waals surface area contributed by atoms with Crippen LogP contribution in [0.15, 0.2) is 36.4 Å². The SMILES string of the molecule is CC(C)(C)OC(=O)N1CCc2ccc(NC=O)cc21.CNc1ccc2c(c1)N(C(=O)OC(C)(C)C)CC2.[B][B]B([B])B([B])[B]. The van der Waals surface area contributed by atoms with Gasteiger partial charge in [0.1, 0.15) is 11.2 Å². The molecule has 0 spiro atoms. The maximum atomic E-state index is 12.1. The second-order valence-corrected chi connectivity index (χ2v) is 12.3. The summed E-state index contributed by atoms with van der Waals surface area (Å²) in [7, 11) is 23.5. The summed E-state index contributed by atoms with van der Waals surface area (Å²) in [5, 5.41) is 5.67. The fourth-order valence-corrected chi connectivity index (χ4v) is 4.21. The van der Waals surface area contributed by atoms with Crippen molar-refractivity contribution in [1.29, 1.82) is 0 Å². The molecular weight excluding hydrogens is 548 g/mol. The molecular formula is C28H38B7N4O5. The number of hydrogen-bond donors (Lipinski definition) is 2. The largest absolute Gasteiger partial charge is 0.443 e. The molecule has 0 fully saturated rings. The topological polar surface area (TPSA) is 100 Å². The summed E-state index contributed by atoms with van der Waals surface area (Å²) >= 11 is 0. The van der Waals surface area contributed by atoms with Gasteiger partial charge in [-0.25, -0.2) is 9.59 Å². The monoisotopic (exact) mass is 587 g/mol. The Morgan fingerprint density at radius 2 is 1.27 bits per heavy atom. The fourth-order valence-electron chi connectivity index (χ4n) is 4.21. The lowest BCUT2D eigenvalue weighted by molar-refractivity contribution is -0.105. The number of hydrogen-bond acceptors (Lipinski definition) is 6. The van der Waals surface area contributed by atoms with Gasteiger partial charge in [-0.2, -0.15) is 0 Å². The van der Waals surface area contributed by atoms with Crippen molar-refractivity contribution in [3.8, 4) is 0 Å². The third-order valence-corrected chi connectivity index (χ3v) is 6.37. The van der Waals surface area contributed by atoms with Crippen LogP contribution in [-0.2, 0) is 27.1 Å². The van der Waals surface area contributed by atoms with Crippen molar-refractivity contribution in [2.75, 3.05) is 40.6 Å². The third-order valence-electron chi connectivity index (χ3n) is 6.37. The highest BCUT2D eigenvalue weighted by atomic mass is 16.6. The van der Waals surface area contributed by atoms with E-state index in [2.05, 4.69) is 16.7 Å². The summed E-state index contributed by atoms with van der Waals surface area (Å²) in [6, 6.07) is 11.6. The number of benzene rings is 2. The molecule has 0 saturated heterocycles. The Labute approximate surface area is 269 Å². The smallest absolute Gasteiger partial charge is 0.414 e. The lowest BCUT2D eigenvalue weighted by Gasteiger charge is -2.25. The van der Waals surface area contributed by atoms with Gasteiger partial charge in [-0.05, 0) is 89.8 Å². The number of amides is 3. The van der Waals surface area contributed by atoms with Gasteiger partial charge >= 0.3 is 12.2 Å². The van der Waals surface area contributed by atoms with Gasteiger partial charge < -0.3 is 20.1 Å². The van der Waals surface area contributed by atoms with Gasteiger partial charge in [0.15, 0.2) is 0 Å². The lowest BCUT2D eigenvalue weighted by Crippen LogP contribution is -2.43. The summed E-state index contributed by atoms with van der Waals surface area (Å²) in [5.41, 5.74) is 4.74. The molecule has 221 valence electrons. The minimum Gasteiger partial charge on any atom is -0.443 e. The Morgan fingerprint density at radius 1 is 0.841 bits per heavy atom. The van der Waals surface area contributed by atoms with Gasteiger partial charge in [0.05, 0.1) is 11.4 Å². The average Bonchev–Trinajstić information content (AvgIpc) is 3.55. The molecule has 2 aliphatic rings. The Morgan fingerprint density at radius 3 is 1.61 bits per heavy atom. The van der Waals surface area contributed by atoms with Crippen LogP contribution in [-0.4, -0.2) is 101 Å². The van der Waals surface area contributed by atoms with Gasteiger partial charge in [0, 0.05) is 82.3 Å². The predicted octanol–water partition coefficient (Wildman–Crippen LogP) is 2.91. The highest BCUT2D eigenvalue weighted by Crippen LogP contribution is 2.33. The first-order valence-electron chi connectivity index (χ1n) is 14.5. The van der Waals surface area contributed by atoms with E-state index >= 15 is 0 Å². The van der Waals surface area contributed by atoms with E-state index in [0.29, 0.717) is 25.2 Å². The highest BCUT2D eigenvalue weighted by Gasteiger charge is 2.30. The van der Waals surface area contributed by atoms with Gasteiger partial charge in [-0.1, -0.05) is 12.1 Å². The van der Waals surface area contributed by atoms with Crippen molar-refractivity contribution in [1.82, 2.24) is 0 Å². The van der Waals surface area contributed by atoms with Crippen molar-refractivity contribution in [3.63, 3.8) is 0 Å². The molecule has 44 heavy (non-hydrogen) atoms. The first kappa shape index (κ1) is 36.9. The fraction of sp³-hybridized carbons (Fsp3) is 0.464. The summed E-state index contributed by atoms with van der Waals surface area (Å²) in [6.45, 7) is 12.5. The maximum absolute atomic E-state index is 12.1. The zero-order valence-corrected chi connectivity index (χ0v) is 26.8. The van der Waals surface area contributed by atoms with Crippen LogP contribution in [0.4, 0.5) is 32.3 Å². The number of anilines is 4. The van der Waals surface area contributed by atoms with Crippen LogP contribution in [0.3, 0.4) is 0 Å². The van der Waals surface area contributed by atoms with Gasteiger partial charge in [-0.3, -0.25) is 14.6 Å². The second kappa shape index (κ2) is 16.1. The standard InChI is InChI=1S/C14H18N2O3.C14H20N2O2.B7/c1-14(2,3)19-13(18)16-7-6-10-4-5-11(15-9-17)8-12(10)16;1-14(2,3)18-13(17)16-8-7-10-5-6-11(15-4)9-12(10)16;1-5-7(4)6(2)3/h4-5,8-9H,6-7H2,1-3H3,(H,15,17);5-6,9,15H,7-8H2,1-4H3;. The molecule has 16 heteroatoms. The van der Waals surface area contributed by atoms with E-state index in [-0.39, 0.29) is 18.6 Å². The third kappa shape index (κ3) is 11.3. The van der Waals surface area contributed by atoms with E-state index in [1.54, 1.807) is 15.9 Å². The number of fused-ring (bicyclic) bond motifs is 2. The highest BCUT2D eigenvalue weighted by molar-refractivity contribution is 7.81. The Balaban J connectivity index is 0.000000254. The molecule has 0 atom stereocenters. The lowest BCUT2D eigenvalue weighted by atomic mass is 8.76. The number of nitrogens with zero attached hydrogens (tertiary/aromatic N) is 2. The Bertz CT molecular complexity index is 1290. The van der Waals surface area contributed by atoms with E-state index < -0.39 is 17.6 Å². The molecule has 2 aromatic carbocycles. The van der Waals surface area contributed by atoms with Crippen LogP contribution in [0.2, 0.25) is 0 Å². The van der Waals surface area contributed by atoms with E-state index in [4.69, 9.17) is 40.4 Å². The molecule has 0 aliphatic carbocycles. The van der Waals surface area contributed by atoms with Gasteiger partial charge in [0.25, 0.3) is 0 Å². The molecule has 0 aromatic heterocycles. The molecule has 4 rings (SSSR count). The Hall–Kier alpha value is -3.30. The predicted molar refractivity (Wildman–Crippen MR) is 187 cm³/mol. The average molecular weight is 586 g/mol. The molecule has 2 heterocycles. The first-order chi connectivity index (χ1) is 20.5. The molecule has 2 aliphatic heterocycles. The molecule has 3 amide bonds. The van der Waals surface area contributed by atoms with Crippen molar-refractivity contribution in [2.45, 2.75) is 65.6 Å². The van der Waals surface area contributed by atoms with Gasteiger partial charge in [0.2, 0.25) is 6.41 Å². The summed E-state index contributed by atoms with van der Waals surface area (Å²) in [4.78, 5) is 38.0. The van der Waals surface area contributed by atoms with Crippen LogP contribution in [0, 0.1) is 0 Å². The van der Waals surface area contributed by atoms with E-state index in [1.807, 2.05) is 72.9 Å². The quantitative estimate of drug-likeness (QED) is 0.413. The molecule has 0 unspecified atom stereocenters. The summed E-state index contributed by atoms with van der Waals surface area (Å²) < 4.78 is 10.8. The van der Waals surface area contributed by atoms with Crippen molar-refractivity contribution < 1.29 is 23.9 Å². The number of rotatable bonds is 5. The van der Waals surface area contributed by atoms with Crippen LogP contribution < -0.4 is 20.4 Å². The number of carbonyl (C=O) groups is 3. The van der Waals surface area contributed by atoms with E-state index in [1.165, 1.54) is 12.6 Å². The molecule has 0 saturated carbocycles. The van der Waals surface area contributed by atoms with Crippen molar-refractivity contribution >= 4 is 92.1 Å². The number of carbonyl (C=O) groups excluding carboxylic acids is 3. The molecule has 0 bridgehead atoms. The van der Waals surface area contributed by atoms with E-state index in [0.717, 1.165) is 35.5 Å². The number of nitrogens with one attached hydrogen (secondary N) is 2. The second-order valence-electron chi connectivity index (χ2n) is 12.3. The normalized spacial score (nSPS) is 13.1. The summed E-state index contributed by atoms with van der Waals surface area (Å²) in [5.74, 6) is 0. The molecule has 9 radical (unpaired) electrons. The van der Waals surface area contributed by atoms with Crippen LogP contribution in [0.25, 0.3) is 0 Å². The van der Waals surface area contributed by atoms with Crippen LogP contribution in [0.1, 0.15) is 52.7 Å². The molecule has 2 aromatic rings. The van der Waals surface area contributed by atoms with Gasteiger partial charge in [-0.15, -0.1) is 0 Å². The van der Waals surface area contributed by atoms with Crippen LogP contribution >= 0.6 is 0 Å². The molecule has 2 N–H and O–H groups in total. The number of ether oxygens (including phenoxy) is 2. The van der Waals surface area contributed by atoms with Crippen LogP contribution in [0.5, 0.6) is 0 Å². The minimum absolute atomic E-state index is 0.269. The minimum atomic E-state index is -0.537. The zero-order chi connectivity index (χ0) is 33.2. The zero-order valence-electron chi connectivity index (χ0n) is 26.8. The van der Waals surface area contributed by atoms with E-state index in [9.17, 15) is 14.4 Å². The molecule has 9 nitrogen and oxygen atoms in total. The van der Waals surface area contributed by atoms with Crippen molar-refractivity contribution in [3.05, 3.63) is 47.5 Å². The summed E-state index contributed by atoms with van der Waals surface area (Å²) in [6.07, 6.45) is 0.761. The maximum Gasteiger partial charge on any atom is 0.414 e. The Kier molecular flexibility index (Phi) is 13.5. The van der Waals surface area contributed by atoms with Crippen molar-refractivity contribution in [2.24, 2.45) is 0 Å². The first-order valence-corrected chi connectivity index (χ1v) is 14.5.